The second-order valence-electron chi connectivity index (χ2n) is 4.32. The van der Waals surface area contributed by atoms with Crippen LogP contribution < -0.4 is 10.6 Å². The predicted octanol–water partition coefficient (Wildman–Crippen LogP) is 3.84. The van der Waals surface area contributed by atoms with Gasteiger partial charge in [-0.2, -0.15) is 0 Å². The molecule has 0 bridgehead atoms. The third-order valence-electron chi connectivity index (χ3n) is 2.81. The smallest absolute Gasteiger partial charge is 0.243 e. The second-order valence-corrected chi connectivity index (χ2v) is 4.73. The van der Waals surface area contributed by atoms with Gasteiger partial charge in [0.15, 0.2) is 5.82 Å². The highest BCUT2D eigenvalue weighted by atomic mass is 35.5. The Kier molecular flexibility index (Phi) is 4.58. The fourth-order valence-corrected chi connectivity index (χ4v) is 1.90. The lowest BCUT2D eigenvalue weighted by Crippen LogP contribution is -2.22. The number of carbonyl (C=O) groups excluding carboxylic acids is 1. The Bertz CT molecular complexity index is 631. The molecule has 104 valence electrons. The van der Waals surface area contributed by atoms with E-state index in [9.17, 15) is 9.18 Å². The van der Waals surface area contributed by atoms with Crippen molar-refractivity contribution in [2.24, 2.45) is 0 Å². The van der Waals surface area contributed by atoms with Crippen LogP contribution in [0.3, 0.4) is 0 Å². The Morgan fingerprint density at radius 2 is 1.85 bits per heavy atom. The van der Waals surface area contributed by atoms with Crippen LogP contribution in [0.2, 0.25) is 5.02 Å². The first-order valence-corrected chi connectivity index (χ1v) is 6.49. The Morgan fingerprint density at radius 3 is 2.60 bits per heavy atom. The van der Waals surface area contributed by atoms with Crippen LogP contribution in [0.1, 0.15) is 5.56 Å². The summed E-state index contributed by atoms with van der Waals surface area (Å²) in [5, 5.41) is 5.50. The molecule has 0 atom stereocenters. The highest BCUT2D eigenvalue weighted by molar-refractivity contribution is 6.31. The van der Waals surface area contributed by atoms with E-state index in [0.29, 0.717) is 0 Å². The number of benzene rings is 2. The third kappa shape index (κ3) is 3.48. The second kappa shape index (κ2) is 6.39. The van der Waals surface area contributed by atoms with E-state index in [2.05, 4.69) is 10.6 Å². The average molecular weight is 293 g/mol. The van der Waals surface area contributed by atoms with E-state index < -0.39 is 5.82 Å². The standard InChI is InChI=1S/C15H14ClFN2O/c1-10-5-2-3-7-12(10)19-14(20)9-18-13-8-4-6-11(16)15(13)17/h2-8,18H,9H2,1H3,(H,19,20). The van der Waals surface area contributed by atoms with E-state index >= 15 is 0 Å². The maximum absolute atomic E-state index is 13.6. The van der Waals surface area contributed by atoms with Crippen molar-refractivity contribution in [2.45, 2.75) is 6.92 Å². The maximum Gasteiger partial charge on any atom is 0.243 e. The predicted molar refractivity (Wildman–Crippen MR) is 79.7 cm³/mol. The first-order chi connectivity index (χ1) is 9.58. The summed E-state index contributed by atoms with van der Waals surface area (Å²) in [6, 6.07) is 12.1. The van der Waals surface area contributed by atoms with Crippen LogP contribution >= 0.6 is 11.6 Å². The molecule has 0 saturated carbocycles. The number of hydrogen-bond donors (Lipinski definition) is 2. The van der Waals surface area contributed by atoms with Crippen LogP contribution in [0.4, 0.5) is 15.8 Å². The molecule has 0 aliphatic rings. The lowest BCUT2D eigenvalue weighted by molar-refractivity contribution is -0.114. The Labute approximate surface area is 121 Å². The average Bonchev–Trinajstić information content (AvgIpc) is 2.43. The molecule has 0 aromatic heterocycles. The van der Waals surface area contributed by atoms with E-state index in [0.717, 1.165) is 11.3 Å². The molecule has 0 saturated heterocycles. The van der Waals surface area contributed by atoms with Gasteiger partial charge in [0, 0.05) is 5.69 Å². The number of carbonyl (C=O) groups is 1. The van der Waals surface area contributed by atoms with E-state index in [4.69, 9.17) is 11.6 Å². The molecule has 2 aromatic rings. The SMILES string of the molecule is Cc1ccccc1NC(=O)CNc1cccc(Cl)c1F. The summed E-state index contributed by atoms with van der Waals surface area (Å²) in [7, 11) is 0. The van der Waals surface area contributed by atoms with Crippen LogP contribution in [0, 0.1) is 12.7 Å². The molecular formula is C15H14ClFN2O. The Hall–Kier alpha value is -2.07. The minimum absolute atomic E-state index is 0.0225. The van der Waals surface area contributed by atoms with Gasteiger partial charge >= 0.3 is 0 Å². The molecule has 0 spiro atoms. The van der Waals surface area contributed by atoms with Gasteiger partial charge in [-0.15, -0.1) is 0 Å². The van der Waals surface area contributed by atoms with Crippen molar-refractivity contribution in [1.29, 1.82) is 0 Å². The molecule has 2 N–H and O–H groups in total. The lowest BCUT2D eigenvalue weighted by Gasteiger charge is -2.10. The van der Waals surface area contributed by atoms with Crippen LogP contribution in [0.25, 0.3) is 0 Å². The molecule has 0 fully saturated rings. The van der Waals surface area contributed by atoms with Crippen molar-refractivity contribution < 1.29 is 9.18 Å². The molecule has 0 aliphatic carbocycles. The van der Waals surface area contributed by atoms with Gasteiger partial charge in [-0.05, 0) is 30.7 Å². The largest absolute Gasteiger partial charge is 0.374 e. The normalized spacial score (nSPS) is 10.2. The van der Waals surface area contributed by atoms with Gasteiger partial charge in [-0.3, -0.25) is 4.79 Å². The number of hydrogen-bond acceptors (Lipinski definition) is 2. The highest BCUT2D eigenvalue weighted by Gasteiger charge is 2.08. The first kappa shape index (κ1) is 14.3. The summed E-state index contributed by atoms with van der Waals surface area (Å²) < 4.78 is 13.6. The van der Waals surface area contributed by atoms with Gasteiger partial charge in [0.2, 0.25) is 5.91 Å². The summed E-state index contributed by atoms with van der Waals surface area (Å²) in [6.45, 7) is 1.87. The monoisotopic (exact) mass is 292 g/mol. The van der Waals surface area contributed by atoms with Crippen LogP contribution in [-0.2, 0) is 4.79 Å². The van der Waals surface area contributed by atoms with E-state index in [1.165, 1.54) is 12.1 Å². The Balaban J connectivity index is 1.96. The lowest BCUT2D eigenvalue weighted by atomic mass is 10.2. The molecule has 20 heavy (non-hydrogen) atoms. The molecule has 0 radical (unpaired) electrons. The zero-order valence-corrected chi connectivity index (χ0v) is 11.7. The van der Waals surface area contributed by atoms with Gasteiger partial charge < -0.3 is 10.6 Å². The third-order valence-corrected chi connectivity index (χ3v) is 3.10. The van der Waals surface area contributed by atoms with Gasteiger partial charge in [-0.1, -0.05) is 35.9 Å². The van der Waals surface area contributed by atoms with Crippen molar-refractivity contribution in [1.82, 2.24) is 0 Å². The van der Waals surface area contributed by atoms with Gasteiger partial charge in [0.25, 0.3) is 0 Å². The molecule has 2 rings (SSSR count). The fraction of sp³-hybridized carbons (Fsp3) is 0.133. The van der Waals surface area contributed by atoms with E-state index in [1.54, 1.807) is 6.07 Å². The van der Waals surface area contributed by atoms with Gasteiger partial charge in [0.05, 0.1) is 17.3 Å². The van der Waals surface area contributed by atoms with Crippen molar-refractivity contribution >= 4 is 28.9 Å². The summed E-state index contributed by atoms with van der Waals surface area (Å²) in [4.78, 5) is 11.8. The van der Waals surface area contributed by atoms with Gasteiger partial charge in [-0.25, -0.2) is 4.39 Å². The fourth-order valence-electron chi connectivity index (χ4n) is 1.72. The van der Waals surface area contributed by atoms with E-state index in [1.807, 2.05) is 31.2 Å². The topological polar surface area (TPSA) is 41.1 Å². The molecule has 3 nitrogen and oxygen atoms in total. The molecule has 2 aromatic carbocycles. The zero-order chi connectivity index (χ0) is 14.5. The number of amides is 1. The number of anilines is 2. The quantitative estimate of drug-likeness (QED) is 0.899. The summed E-state index contributed by atoms with van der Waals surface area (Å²) in [5.74, 6) is -0.809. The number of rotatable bonds is 4. The summed E-state index contributed by atoms with van der Waals surface area (Å²) >= 11 is 5.66. The molecule has 0 aliphatic heterocycles. The van der Waals surface area contributed by atoms with Gasteiger partial charge in [0.1, 0.15) is 0 Å². The van der Waals surface area contributed by atoms with Crippen molar-refractivity contribution in [3.8, 4) is 0 Å². The number of nitrogens with one attached hydrogen (secondary N) is 2. The molecule has 1 amide bonds. The van der Waals surface area contributed by atoms with Crippen molar-refractivity contribution in [3.05, 3.63) is 58.9 Å². The summed E-state index contributed by atoms with van der Waals surface area (Å²) in [5.41, 5.74) is 1.91. The Morgan fingerprint density at radius 1 is 1.15 bits per heavy atom. The van der Waals surface area contributed by atoms with Crippen molar-refractivity contribution in [2.75, 3.05) is 17.2 Å². The minimum atomic E-state index is -0.558. The van der Waals surface area contributed by atoms with Crippen LogP contribution in [0.15, 0.2) is 42.5 Å². The highest BCUT2D eigenvalue weighted by Crippen LogP contribution is 2.21. The van der Waals surface area contributed by atoms with Crippen molar-refractivity contribution in [3.63, 3.8) is 0 Å². The maximum atomic E-state index is 13.6. The minimum Gasteiger partial charge on any atom is -0.374 e. The molecule has 0 unspecified atom stereocenters. The van der Waals surface area contributed by atoms with Crippen LogP contribution in [-0.4, -0.2) is 12.5 Å². The van der Waals surface area contributed by atoms with Crippen LogP contribution in [0.5, 0.6) is 0 Å². The number of aryl methyl sites for hydroxylation is 1. The molecule has 5 heteroatoms. The zero-order valence-electron chi connectivity index (χ0n) is 10.9. The molecule has 0 heterocycles. The first-order valence-electron chi connectivity index (χ1n) is 6.11. The molecular weight excluding hydrogens is 279 g/mol. The number of halogens is 2. The summed E-state index contributed by atoms with van der Waals surface area (Å²) in [6.07, 6.45) is 0. The van der Waals surface area contributed by atoms with E-state index in [-0.39, 0.29) is 23.2 Å². The number of para-hydroxylation sites is 1.